The Morgan fingerprint density at radius 2 is 1.62 bits per heavy atom. The number of fused-ring (bicyclic) bond motifs is 1. The zero-order chi connectivity index (χ0) is 25.8. The minimum atomic E-state index is -0.434. The lowest BCUT2D eigenvalue weighted by Gasteiger charge is -2.27. The molecule has 0 aromatic heterocycles. The van der Waals surface area contributed by atoms with E-state index in [1.165, 1.54) is 10.5 Å². The highest BCUT2D eigenvalue weighted by atomic mass is 16.5. The van der Waals surface area contributed by atoms with Crippen LogP contribution in [0.3, 0.4) is 0 Å². The van der Waals surface area contributed by atoms with Crippen LogP contribution in [0.1, 0.15) is 44.8 Å². The Kier molecular flexibility index (Phi) is 7.01. The molecule has 4 aromatic rings. The molecule has 2 atom stereocenters. The predicted octanol–water partition coefficient (Wildman–Crippen LogP) is 4.05. The van der Waals surface area contributed by atoms with Crippen LogP contribution in [0.15, 0.2) is 97.1 Å². The molecule has 4 N–H and O–H groups in total. The average molecular weight is 493 g/mol. The summed E-state index contributed by atoms with van der Waals surface area (Å²) in [6.45, 7) is 4.13. The molecule has 6 nitrogen and oxygen atoms in total. The van der Waals surface area contributed by atoms with Crippen LogP contribution in [0.25, 0.3) is 11.1 Å². The number of hydrogen-bond donors (Lipinski definition) is 3. The number of hydrogen-bond acceptors (Lipinski definition) is 3. The molecule has 6 heteroatoms. The molecule has 0 saturated heterocycles. The molecule has 37 heavy (non-hydrogen) atoms. The number of benzene rings is 4. The van der Waals surface area contributed by atoms with Crippen LogP contribution in [-0.2, 0) is 6.54 Å². The van der Waals surface area contributed by atoms with Crippen molar-refractivity contribution in [3.8, 4) is 16.9 Å². The second kappa shape index (κ2) is 10.7. The first-order chi connectivity index (χ1) is 18.0. The van der Waals surface area contributed by atoms with Crippen molar-refractivity contribution in [1.29, 1.82) is 0 Å². The first kappa shape index (κ1) is 24.3. The van der Waals surface area contributed by atoms with E-state index in [-0.39, 0.29) is 11.9 Å². The maximum Gasteiger partial charge on any atom is 0.251 e. The van der Waals surface area contributed by atoms with E-state index in [4.69, 9.17) is 10.5 Å². The highest BCUT2D eigenvalue weighted by molar-refractivity contribution is 5.95. The van der Waals surface area contributed by atoms with Gasteiger partial charge < -0.3 is 15.8 Å². The normalized spacial score (nSPS) is 15.2. The van der Waals surface area contributed by atoms with Gasteiger partial charge in [-0.1, -0.05) is 66.7 Å². The third-order valence-electron chi connectivity index (χ3n) is 6.83. The third-order valence-corrected chi connectivity index (χ3v) is 6.83. The van der Waals surface area contributed by atoms with Gasteiger partial charge in [0.15, 0.2) is 11.4 Å². The van der Waals surface area contributed by atoms with Gasteiger partial charge in [0, 0.05) is 22.8 Å². The molecule has 0 saturated carbocycles. The zero-order valence-electron chi connectivity index (χ0n) is 20.7. The van der Waals surface area contributed by atoms with Crippen LogP contribution in [0, 0.1) is 0 Å². The summed E-state index contributed by atoms with van der Waals surface area (Å²) in [5.74, 6) is 0.181. The Hall–Kier alpha value is -4.42. The first-order valence-electron chi connectivity index (χ1n) is 12.5. The number of primary amides is 1. The second-order valence-corrected chi connectivity index (χ2v) is 9.29. The number of ether oxygens (including phenoxy) is 1. The molecule has 1 heterocycles. The molecular formula is C31H30N3O3+. The first-order valence-corrected chi connectivity index (χ1v) is 12.5. The van der Waals surface area contributed by atoms with E-state index >= 15 is 0 Å². The minimum absolute atomic E-state index is 0.0960. The fourth-order valence-corrected chi connectivity index (χ4v) is 4.78. The van der Waals surface area contributed by atoms with Crippen molar-refractivity contribution >= 4 is 17.5 Å². The van der Waals surface area contributed by atoms with E-state index in [0.29, 0.717) is 17.7 Å². The molecule has 4 aromatic carbocycles. The number of carbonyl (C=O) groups is 2. The number of amides is 2. The molecule has 1 aliphatic rings. The Bertz CT molecular complexity index is 1420. The maximum absolute atomic E-state index is 13.0. The summed E-state index contributed by atoms with van der Waals surface area (Å²) < 4.78 is 5.98. The topological polar surface area (TPSA) is 85.9 Å². The Balaban J connectivity index is 1.35. The highest BCUT2D eigenvalue weighted by Crippen LogP contribution is 2.28. The summed E-state index contributed by atoms with van der Waals surface area (Å²) >= 11 is 0. The Labute approximate surface area is 216 Å². The van der Waals surface area contributed by atoms with Crippen LogP contribution < -0.4 is 20.7 Å². The Morgan fingerprint density at radius 3 is 2.38 bits per heavy atom. The summed E-state index contributed by atoms with van der Waals surface area (Å²) in [7, 11) is 0. The van der Waals surface area contributed by atoms with E-state index in [2.05, 4.69) is 17.4 Å². The lowest BCUT2D eigenvalue weighted by atomic mass is 9.98. The van der Waals surface area contributed by atoms with Gasteiger partial charge in [-0.3, -0.25) is 14.5 Å². The molecule has 0 aliphatic carbocycles. The quantitative estimate of drug-likeness (QED) is 0.364. The summed E-state index contributed by atoms with van der Waals surface area (Å²) in [6.07, 6.45) is 0. The van der Waals surface area contributed by atoms with Crippen molar-refractivity contribution in [2.45, 2.75) is 19.5 Å². The molecule has 0 radical (unpaired) electrons. The number of nitrogens with one attached hydrogen (secondary N) is 2. The van der Waals surface area contributed by atoms with Gasteiger partial charge in [0.25, 0.3) is 5.91 Å². The van der Waals surface area contributed by atoms with E-state index in [1.807, 2.05) is 79.7 Å². The molecule has 5 rings (SSSR count). The number of carbonyl (C=O) groups excluding carboxylic acids is 2. The molecule has 0 bridgehead atoms. The fourth-order valence-electron chi connectivity index (χ4n) is 4.78. The lowest BCUT2D eigenvalue weighted by Crippen LogP contribution is -3.07. The number of nitrogens with two attached hydrogens (primary N) is 1. The van der Waals surface area contributed by atoms with Crippen molar-refractivity contribution in [1.82, 2.24) is 5.32 Å². The van der Waals surface area contributed by atoms with Crippen molar-refractivity contribution in [3.05, 3.63) is 119 Å². The lowest BCUT2D eigenvalue weighted by molar-refractivity contribution is -0.851. The van der Waals surface area contributed by atoms with E-state index in [9.17, 15) is 9.59 Å². The average Bonchev–Trinajstić information content (AvgIpc) is 2.93. The van der Waals surface area contributed by atoms with E-state index < -0.39 is 5.91 Å². The SMILES string of the molecule is C[C@H](NC(=O)c1ccc2c(c1)OCC[NH+]2Cc1ccccc1-c1ccc(C(N)=O)cc1)c1ccccc1. The minimum Gasteiger partial charge on any atom is -0.481 e. The molecule has 0 spiro atoms. The van der Waals surface area contributed by atoms with Crippen LogP contribution in [0.2, 0.25) is 0 Å². The Morgan fingerprint density at radius 1 is 0.919 bits per heavy atom. The van der Waals surface area contributed by atoms with Crippen molar-refractivity contribution in [3.63, 3.8) is 0 Å². The molecule has 0 fully saturated rings. The molecule has 1 aliphatic heterocycles. The largest absolute Gasteiger partial charge is 0.481 e. The standard InChI is InChI=1S/C31H29N3O3/c1-21(22-7-3-2-4-8-22)33-31(36)25-15-16-28-29(19-25)37-18-17-34(28)20-26-9-5-6-10-27(26)23-11-13-24(14-12-23)30(32)35/h2-16,19,21H,17-18,20H2,1H3,(H2,32,35)(H,33,36)/p+1/t21-/m0/s1. The van der Waals surface area contributed by atoms with Gasteiger partial charge in [-0.05, 0) is 47.9 Å². The molecule has 186 valence electrons. The predicted molar refractivity (Wildman–Crippen MR) is 144 cm³/mol. The van der Waals surface area contributed by atoms with Crippen molar-refractivity contribution in [2.24, 2.45) is 5.73 Å². The third kappa shape index (κ3) is 5.39. The fraction of sp³-hybridized carbons (Fsp3) is 0.161. The highest BCUT2D eigenvalue weighted by Gasteiger charge is 2.26. The molecule has 1 unspecified atom stereocenters. The maximum atomic E-state index is 13.0. The molecular weight excluding hydrogens is 462 g/mol. The van der Waals surface area contributed by atoms with Gasteiger partial charge >= 0.3 is 0 Å². The second-order valence-electron chi connectivity index (χ2n) is 9.29. The summed E-state index contributed by atoms with van der Waals surface area (Å²) in [6, 6.07) is 31.2. The smallest absolute Gasteiger partial charge is 0.251 e. The van der Waals surface area contributed by atoms with Gasteiger partial charge in [0.2, 0.25) is 5.91 Å². The van der Waals surface area contributed by atoms with Gasteiger partial charge in [0.1, 0.15) is 19.7 Å². The number of rotatable bonds is 7. The van der Waals surface area contributed by atoms with Gasteiger partial charge in [-0.25, -0.2) is 0 Å². The summed E-state index contributed by atoms with van der Waals surface area (Å²) in [5, 5.41) is 3.08. The van der Waals surface area contributed by atoms with E-state index in [1.54, 1.807) is 12.1 Å². The summed E-state index contributed by atoms with van der Waals surface area (Å²) in [4.78, 5) is 25.7. The van der Waals surface area contributed by atoms with Crippen LogP contribution >= 0.6 is 0 Å². The number of quaternary nitrogens is 1. The van der Waals surface area contributed by atoms with Crippen LogP contribution in [-0.4, -0.2) is 25.0 Å². The van der Waals surface area contributed by atoms with Crippen molar-refractivity contribution < 1.29 is 19.2 Å². The summed E-state index contributed by atoms with van der Waals surface area (Å²) in [5.41, 5.74) is 11.9. The van der Waals surface area contributed by atoms with Crippen molar-refractivity contribution in [2.75, 3.05) is 13.2 Å². The van der Waals surface area contributed by atoms with Gasteiger partial charge in [-0.15, -0.1) is 0 Å². The molecule has 2 amide bonds. The zero-order valence-corrected chi connectivity index (χ0v) is 20.7. The van der Waals surface area contributed by atoms with Crippen LogP contribution in [0.4, 0.5) is 5.69 Å². The monoisotopic (exact) mass is 492 g/mol. The van der Waals surface area contributed by atoms with E-state index in [0.717, 1.165) is 41.2 Å². The van der Waals surface area contributed by atoms with Gasteiger partial charge in [0.05, 0.1) is 6.04 Å². The van der Waals surface area contributed by atoms with Crippen LogP contribution in [0.5, 0.6) is 5.75 Å². The van der Waals surface area contributed by atoms with Gasteiger partial charge in [-0.2, -0.15) is 0 Å².